The highest BCUT2D eigenvalue weighted by Crippen LogP contribution is 2.25. The summed E-state index contributed by atoms with van der Waals surface area (Å²) in [7, 11) is 0. The Hall–Kier alpha value is -1.92. The van der Waals surface area contributed by atoms with E-state index in [1.54, 1.807) is 11.3 Å². The molecule has 5 nitrogen and oxygen atoms in total. The highest BCUT2D eigenvalue weighted by Gasteiger charge is 2.14. The van der Waals surface area contributed by atoms with Crippen molar-refractivity contribution in [3.05, 3.63) is 40.7 Å². The first-order valence-electron chi connectivity index (χ1n) is 7.76. The van der Waals surface area contributed by atoms with Crippen LogP contribution in [-0.4, -0.2) is 29.3 Å². The zero-order chi connectivity index (χ0) is 16.7. The summed E-state index contributed by atoms with van der Waals surface area (Å²) in [5.41, 5.74) is 2.00. The van der Waals surface area contributed by atoms with Crippen LogP contribution in [0.5, 0.6) is 0 Å². The van der Waals surface area contributed by atoms with E-state index in [-0.39, 0.29) is 24.6 Å². The van der Waals surface area contributed by atoms with Gasteiger partial charge in [0.25, 0.3) is 0 Å². The third kappa shape index (κ3) is 5.33. The van der Waals surface area contributed by atoms with E-state index in [4.69, 9.17) is 5.11 Å². The van der Waals surface area contributed by atoms with Crippen LogP contribution in [0.15, 0.2) is 35.7 Å². The van der Waals surface area contributed by atoms with Gasteiger partial charge in [-0.25, -0.2) is 9.78 Å². The zero-order valence-electron chi connectivity index (χ0n) is 13.5. The topological polar surface area (TPSA) is 74.2 Å². The average molecular weight is 333 g/mol. The van der Waals surface area contributed by atoms with Gasteiger partial charge in [0.2, 0.25) is 0 Å². The van der Waals surface area contributed by atoms with Crippen molar-refractivity contribution in [1.82, 2.24) is 15.6 Å². The van der Waals surface area contributed by atoms with Gasteiger partial charge in [0, 0.05) is 24.1 Å². The van der Waals surface area contributed by atoms with E-state index in [0.717, 1.165) is 16.3 Å². The molecular formula is C17H23N3O2S. The van der Waals surface area contributed by atoms with Crippen molar-refractivity contribution >= 4 is 17.4 Å². The molecule has 23 heavy (non-hydrogen) atoms. The third-order valence-corrected chi connectivity index (χ3v) is 4.57. The van der Waals surface area contributed by atoms with Gasteiger partial charge in [-0.2, -0.15) is 0 Å². The molecule has 2 unspecified atom stereocenters. The number of nitrogens with zero attached hydrogens (tertiary/aromatic N) is 1. The highest BCUT2D eigenvalue weighted by molar-refractivity contribution is 7.10. The molecule has 0 spiro atoms. The molecule has 2 atom stereocenters. The number of carbonyl (C=O) groups excluding carboxylic acids is 1. The van der Waals surface area contributed by atoms with E-state index in [9.17, 15) is 4.79 Å². The molecule has 0 saturated heterocycles. The van der Waals surface area contributed by atoms with Crippen LogP contribution in [0.25, 0.3) is 11.3 Å². The number of thiazole rings is 1. The van der Waals surface area contributed by atoms with E-state index in [1.165, 1.54) is 0 Å². The molecule has 0 fully saturated rings. The quantitative estimate of drug-likeness (QED) is 0.728. The number of aliphatic hydroxyl groups excluding tert-OH is 1. The van der Waals surface area contributed by atoms with Crippen LogP contribution < -0.4 is 10.6 Å². The molecule has 3 N–H and O–H groups in total. The fourth-order valence-electron chi connectivity index (χ4n) is 2.13. The summed E-state index contributed by atoms with van der Waals surface area (Å²) in [5.74, 6) is 0.255. The SMILES string of the molecule is CC(CCO)CNC(=O)NC(C)c1nc(-c2ccccc2)cs1. The van der Waals surface area contributed by atoms with Gasteiger partial charge in [0.1, 0.15) is 5.01 Å². The molecule has 2 amide bonds. The van der Waals surface area contributed by atoms with Gasteiger partial charge in [0.15, 0.2) is 0 Å². The minimum absolute atomic E-state index is 0.141. The van der Waals surface area contributed by atoms with Crippen LogP contribution in [0.3, 0.4) is 0 Å². The van der Waals surface area contributed by atoms with Crippen LogP contribution >= 0.6 is 11.3 Å². The molecule has 0 saturated carbocycles. The van der Waals surface area contributed by atoms with Crippen LogP contribution in [0.2, 0.25) is 0 Å². The predicted molar refractivity (Wildman–Crippen MR) is 93.4 cm³/mol. The lowest BCUT2D eigenvalue weighted by Crippen LogP contribution is -2.39. The number of nitrogens with one attached hydrogen (secondary N) is 2. The number of amides is 2. The van der Waals surface area contributed by atoms with Crippen molar-refractivity contribution in [2.75, 3.05) is 13.2 Å². The number of hydrogen-bond acceptors (Lipinski definition) is 4. The molecule has 2 rings (SSSR count). The summed E-state index contributed by atoms with van der Waals surface area (Å²) in [6.45, 7) is 4.60. The minimum atomic E-state index is -0.209. The summed E-state index contributed by atoms with van der Waals surface area (Å²) >= 11 is 1.54. The predicted octanol–water partition coefficient (Wildman–Crippen LogP) is 3.19. The number of rotatable bonds is 7. The molecule has 0 aliphatic carbocycles. The minimum Gasteiger partial charge on any atom is -0.396 e. The van der Waals surface area contributed by atoms with Gasteiger partial charge in [-0.1, -0.05) is 37.3 Å². The fourth-order valence-corrected chi connectivity index (χ4v) is 2.96. The number of benzene rings is 1. The van der Waals surface area contributed by atoms with Crippen molar-refractivity contribution in [3.8, 4) is 11.3 Å². The third-order valence-electron chi connectivity index (χ3n) is 3.54. The number of aliphatic hydroxyl groups is 1. The zero-order valence-corrected chi connectivity index (χ0v) is 14.3. The molecule has 6 heteroatoms. The largest absolute Gasteiger partial charge is 0.396 e. The second-order valence-electron chi connectivity index (χ2n) is 5.63. The first-order valence-corrected chi connectivity index (χ1v) is 8.64. The van der Waals surface area contributed by atoms with Gasteiger partial charge in [-0.05, 0) is 19.3 Å². The van der Waals surface area contributed by atoms with E-state index in [0.29, 0.717) is 13.0 Å². The first kappa shape index (κ1) is 17.4. The van der Waals surface area contributed by atoms with Crippen molar-refractivity contribution < 1.29 is 9.90 Å². The van der Waals surface area contributed by atoms with Crippen molar-refractivity contribution in [2.24, 2.45) is 5.92 Å². The standard InChI is InChI=1S/C17H23N3O2S/c1-12(8-9-21)10-18-17(22)19-13(2)16-20-15(11-23-16)14-6-4-3-5-7-14/h3-7,11-13,21H,8-10H2,1-2H3,(H2,18,19,22). The van der Waals surface area contributed by atoms with Crippen LogP contribution in [-0.2, 0) is 0 Å². The van der Waals surface area contributed by atoms with Gasteiger partial charge >= 0.3 is 6.03 Å². The molecule has 0 aliphatic heterocycles. The Morgan fingerprint density at radius 2 is 2.04 bits per heavy atom. The number of urea groups is 1. The van der Waals surface area contributed by atoms with E-state index >= 15 is 0 Å². The maximum absolute atomic E-state index is 11.9. The second-order valence-corrected chi connectivity index (χ2v) is 6.52. The Balaban J connectivity index is 1.87. The van der Waals surface area contributed by atoms with E-state index in [2.05, 4.69) is 15.6 Å². The van der Waals surface area contributed by atoms with Crippen LogP contribution in [0, 0.1) is 5.92 Å². The van der Waals surface area contributed by atoms with E-state index in [1.807, 2.05) is 49.6 Å². The summed E-state index contributed by atoms with van der Waals surface area (Å²) in [4.78, 5) is 16.5. The fraction of sp³-hybridized carbons (Fsp3) is 0.412. The maximum Gasteiger partial charge on any atom is 0.315 e. The lowest BCUT2D eigenvalue weighted by Gasteiger charge is -2.15. The summed E-state index contributed by atoms with van der Waals surface area (Å²) in [6.07, 6.45) is 0.683. The number of carbonyl (C=O) groups is 1. The monoisotopic (exact) mass is 333 g/mol. The second kappa shape index (κ2) is 8.64. The molecule has 0 aliphatic rings. The molecule has 1 heterocycles. The summed E-state index contributed by atoms with van der Waals surface area (Å²) in [5, 5.41) is 17.5. The number of aromatic nitrogens is 1. The summed E-state index contributed by atoms with van der Waals surface area (Å²) in [6, 6.07) is 9.62. The Labute approximate surface area is 140 Å². The number of hydrogen-bond donors (Lipinski definition) is 3. The van der Waals surface area contributed by atoms with Gasteiger partial charge in [-0.15, -0.1) is 11.3 Å². The van der Waals surface area contributed by atoms with Gasteiger partial charge in [0.05, 0.1) is 11.7 Å². The molecule has 124 valence electrons. The maximum atomic E-state index is 11.9. The lowest BCUT2D eigenvalue weighted by atomic mass is 10.1. The van der Waals surface area contributed by atoms with Gasteiger partial charge < -0.3 is 15.7 Å². The Morgan fingerprint density at radius 3 is 2.74 bits per heavy atom. The molecule has 0 bridgehead atoms. The normalized spacial score (nSPS) is 13.3. The molecular weight excluding hydrogens is 310 g/mol. The molecule has 1 aromatic heterocycles. The van der Waals surface area contributed by atoms with Crippen molar-refractivity contribution in [2.45, 2.75) is 26.3 Å². The van der Waals surface area contributed by atoms with E-state index < -0.39 is 0 Å². The Bertz CT molecular complexity index is 615. The van der Waals surface area contributed by atoms with Crippen LogP contribution in [0.1, 0.15) is 31.3 Å². The average Bonchev–Trinajstić information content (AvgIpc) is 3.04. The van der Waals surface area contributed by atoms with Crippen molar-refractivity contribution in [1.29, 1.82) is 0 Å². The first-order chi connectivity index (χ1) is 11.1. The lowest BCUT2D eigenvalue weighted by molar-refractivity contribution is 0.231. The van der Waals surface area contributed by atoms with Crippen molar-refractivity contribution in [3.63, 3.8) is 0 Å². The van der Waals surface area contributed by atoms with Crippen LogP contribution in [0.4, 0.5) is 4.79 Å². The van der Waals surface area contributed by atoms with Gasteiger partial charge in [-0.3, -0.25) is 0 Å². The molecule has 2 aromatic rings. The highest BCUT2D eigenvalue weighted by atomic mass is 32.1. The summed E-state index contributed by atoms with van der Waals surface area (Å²) < 4.78 is 0. The Morgan fingerprint density at radius 1 is 1.30 bits per heavy atom. The molecule has 0 radical (unpaired) electrons. The Kier molecular flexibility index (Phi) is 6.55. The molecule has 1 aromatic carbocycles. The smallest absolute Gasteiger partial charge is 0.315 e.